The molecule has 0 amide bonds. The first-order valence-corrected chi connectivity index (χ1v) is 7.14. The first-order valence-electron chi connectivity index (χ1n) is 7.14. The molecule has 6 nitrogen and oxygen atoms in total. The number of rotatable bonds is 1. The van der Waals surface area contributed by atoms with Gasteiger partial charge in [-0.2, -0.15) is 0 Å². The average Bonchev–Trinajstić information content (AvgIpc) is 2.56. The predicted molar refractivity (Wildman–Crippen MR) is 89.9 cm³/mol. The van der Waals surface area contributed by atoms with E-state index in [2.05, 4.69) is 20.5 Å². The van der Waals surface area contributed by atoms with Crippen LogP contribution in [0.3, 0.4) is 0 Å². The second-order valence-corrected chi connectivity index (χ2v) is 5.35. The predicted octanol–water partition coefficient (Wildman–Crippen LogP) is 1.76. The van der Waals surface area contributed by atoms with Gasteiger partial charge in [0.1, 0.15) is 5.75 Å². The van der Waals surface area contributed by atoms with Crippen molar-refractivity contribution in [3.05, 3.63) is 51.8 Å². The molecule has 0 atom stereocenters. The third kappa shape index (κ3) is 2.56. The Kier molecular flexibility index (Phi) is 4.02. The standard InChI is InChI=1S/C16H14N4O2.ClH/c21-14-4-2-1-3-10(14)13-7-11-12-8-17-6-5-9(12)16(22)18-15(11)20-19-13;/h1-4,7,17,21H,5-6,8H2,(H,18,20,22);1H. The zero-order chi connectivity index (χ0) is 15.1. The molecule has 0 fully saturated rings. The Morgan fingerprint density at radius 1 is 1.13 bits per heavy atom. The Balaban J connectivity index is 0.00000156. The van der Waals surface area contributed by atoms with Crippen molar-refractivity contribution in [2.24, 2.45) is 0 Å². The molecule has 0 aliphatic carbocycles. The molecule has 4 rings (SSSR count). The Hall–Kier alpha value is -2.44. The van der Waals surface area contributed by atoms with Crippen molar-refractivity contribution in [1.29, 1.82) is 0 Å². The van der Waals surface area contributed by atoms with E-state index < -0.39 is 0 Å². The Bertz CT molecular complexity index is 939. The highest BCUT2D eigenvalue weighted by molar-refractivity contribution is 5.85. The smallest absolute Gasteiger partial charge is 0.253 e. The molecule has 3 N–H and O–H groups in total. The van der Waals surface area contributed by atoms with E-state index in [1.165, 1.54) is 0 Å². The van der Waals surface area contributed by atoms with Gasteiger partial charge in [0, 0.05) is 23.1 Å². The zero-order valence-electron chi connectivity index (χ0n) is 12.2. The van der Waals surface area contributed by atoms with Crippen molar-refractivity contribution in [2.45, 2.75) is 13.0 Å². The van der Waals surface area contributed by atoms with Gasteiger partial charge in [-0.25, -0.2) is 0 Å². The fourth-order valence-electron chi connectivity index (χ4n) is 2.91. The van der Waals surface area contributed by atoms with Crippen LogP contribution in [0.25, 0.3) is 22.3 Å². The van der Waals surface area contributed by atoms with E-state index in [-0.39, 0.29) is 23.7 Å². The summed E-state index contributed by atoms with van der Waals surface area (Å²) in [4.78, 5) is 14.9. The van der Waals surface area contributed by atoms with Crippen molar-refractivity contribution in [1.82, 2.24) is 20.5 Å². The molecule has 0 saturated heterocycles. The van der Waals surface area contributed by atoms with E-state index in [1.807, 2.05) is 12.1 Å². The molecule has 7 heteroatoms. The number of halogens is 1. The molecule has 0 saturated carbocycles. The van der Waals surface area contributed by atoms with E-state index >= 15 is 0 Å². The van der Waals surface area contributed by atoms with Crippen LogP contribution < -0.4 is 10.9 Å². The number of hydrogen-bond acceptors (Lipinski definition) is 5. The number of fused-ring (bicyclic) bond motifs is 3. The highest BCUT2D eigenvalue weighted by atomic mass is 35.5. The van der Waals surface area contributed by atoms with Crippen LogP contribution in [-0.2, 0) is 13.0 Å². The lowest BCUT2D eigenvalue weighted by Crippen LogP contribution is -2.30. The summed E-state index contributed by atoms with van der Waals surface area (Å²) in [5.74, 6) is 0.160. The molecule has 3 heterocycles. The van der Waals surface area contributed by atoms with Gasteiger partial charge in [0.15, 0.2) is 5.65 Å². The van der Waals surface area contributed by atoms with E-state index in [4.69, 9.17) is 0 Å². The van der Waals surface area contributed by atoms with Gasteiger partial charge in [-0.15, -0.1) is 22.6 Å². The van der Waals surface area contributed by atoms with Gasteiger partial charge in [-0.1, -0.05) is 12.1 Å². The fourth-order valence-corrected chi connectivity index (χ4v) is 2.91. The first-order chi connectivity index (χ1) is 10.7. The minimum absolute atomic E-state index is 0. The molecule has 2 aromatic heterocycles. The van der Waals surface area contributed by atoms with Crippen LogP contribution in [0.2, 0.25) is 0 Å². The summed E-state index contributed by atoms with van der Waals surface area (Å²) < 4.78 is 0. The molecule has 0 spiro atoms. The minimum Gasteiger partial charge on any atom is -0.507 e. The van der Waals surface area contributed by atoms with Crippen LogP contribution in [0, 0.1) is 0 Å². The van der Waals surface area contributed by atoms with E-state index in [9.17, 15) is 9.90 Å². The first kappa shape index (κ1) is 15.5. The maximum Gasteiger partial charge on any atom is 0.253 e. The molecule has 118 valence electrons. The maximum absolute atomic E-state index is 12.1. The number of nitrogens with zero attached hydrogens (tertiary/aromatic N) is 2. The third-order valence-electron chi connectivity index (χ3n) is 4.02. The Morgan fingerprint density at radius 2 is 1.96 bits per heavy atom. The molecule has 0 bridgehead atoms. The van der Waals surface area contributed by atoms with Crippen LogP contribution in [0.5, 0.6) is 5.75 Å². The topological polar surface area (TPSA) is 90.9 Å². The quantitative estimate of drug-likeness (QED) is 0.632. The number of aromatic amines is 1. The number of H-pyrrole nitrogens is 1. The number of aromatic nitrogens is 3. The normalized spacial score (nSPS) is 13.4. The monoisotopic (exact) mass is 330 g/mol. The van der Waals surface area contributed by atoms with Gasteiger partial charge in [0.25, 0.3) is 5.56 Å². The van der Waals surface area contributed by atoms with Crippen LogP contribution >= 0.6 is 12.4 Å². The van der Waals surface area contributed by atoms with Crippen molar-refractivity contribution < 1.29 is 5.11 Å². The highest BCUT2D eigenvalue weighted by Crippen LogP contribution is 2.29. The molecular formula is C16H15ClN4O2. The fraction of sp³-hybridized carbons (Fsp3) is 0.188. The van der Waals surface area contributed by atoms with Crippen molar-refractivity contribution in [3.63, 3.8) is 0 Å². The third-order valence-corrected chi connectivity index (χ3v) is 4.02. The molecule has 0 unspecified atom stereocenters. The number of para-hydroxylation sites is 1. The van der Waals surface area contributed by atoms with Crippen LogP contribution in [0.4, 0.5) is 0 Å². The molecular weight excluding hydrogens is 316 g/mol. The van der Waals surface area contributed by atoms with Gasteiger partial charge in [-0.05, 0) is 36.7 Å². The van der Waals surface area contributed by atoms with Crippen LogP contribution in [0.1, 0.15) is 11.1 Å². The van der Waals surface area contributed by atoms with E-state index in [0.717, 1.165) is 23.1 Å². The molecule has 1 aromatic carbocycles. The molecule has 23 heavy (non-hydrogen) atoms. The zero-order valence-corrected chi connectivity index (χ0v) is 13.0. The summed E-state index contributed by atoms with van der Waals surface area (Å²) in [6, 6.07) is 8.88. The van der Waals surface area contributed by atoms with E-state index in [1.54, 1.807) is 18.2 Å². The highest BCUT2D eigenvalue weighted by Gasteiger charge is 2.18. The number of phenolic OH excluding ortho intramolecular Hbond substituents is 1. The number of benzene rings is 1. The average molecular weight is 331 g/mol. The van der Waals surface area contributed by atoms with Crippen LogP contribution in [-0.4, -0.2) is 26.8 Å². The van der Waals surface area contributed by atoms with Crippen molar-refractivity contribution in [2.75, 3.05) is 6.54 Å². The lowest BCUT2D eigenvalue weighted by molar-refractivity contribution is 0.477. The maximum atomic E-state index is 12.1. The van der Waals surface area contributed by atoms with Crippen molar-refractivity contribution >= 4 is 23.4 Å². The van der Waals surface area contributed by atoms with E-state index in [0.29, 0.717) is 29.9 Å². The molecule has 0 radical (unpaired) electrons. The molecule has 1 aliphatic rings. The summed E-state index contributed by atoms with van der Waals surface area (Å²) in [5.41, 5.74) is 3.38. The van der Waals surface area contributed by atoms with Crippen LogP contribution in [0.15, 0.2) is 35.1 Å². The van der Waals surface area contributed by atoms with Gasteiger partial charge >= 0.3 is 0 Å². The SMILES string of the molecule is Cl.O=c1[nH]c2nnc(-c3ccccc3O)cc2c2c1CCNC2. The number of aromatic hydroxyl groups is 1. The second-order valence-electron chi connectivity index (χ2n) is 5.35. The molecule has 1 aliphatic heterocycles. The lowest BCUT2D eigenvalue weighted by atomic mass is 9.99. The number of pyridine rings is 1. The summed E-state index contributed by atoms with van der Waals surface area (Å²) in [5, 5.41) is 22.4. The Morgan fingerprint density at radius 3 is 2.78 bits per heavy atom. The summed E-state index contributed by atoms with van der Waals surface area (Å²) in [7, 11) is 0. The number of nitrogens with one attached hydrogen (secondary N) is 2. The van der Waals surface area contributed by atoms with Gasteiger partial charge in [0.2, 0.25) is 0 Å². The largest absolute Gasteiger partial charge is 0.507 e. The lowest BCUT2D eigenvalue weighted by Gasteiger charge is -2.18. The second kappa shape index (κ2) is 5.98. The number of phenols is 1. The van der Waals surface area contributed by atoms with Gasteiger partial charge in [-0.3, -0.25) is 4.79 Å². The van der Waals surface area contributed by atoms with Gasteiger partial charge in [0.05, 0.1) is 5.69 Å². The molecule has 3 aromatic rings. The minimum atomic E-state index is -0.0893. The van der Waals surface area contributed by atoms with Crippen molar-refractivity contribution in [3.8, 4) is 17.0 Å². The summed E-state index contributed by atoms with van der Waals surface area (Å²) in [6.07, 6.45) is 0.703. The summed E-state index contributed by atoms with van der Waals surface area (Å²) >= 11 is 0. The Labute approximate surface area is 138 Å². The van der Waals surface area contributed by atoms with Gasteiger partial charge < -0.3 is 15.4 Å². The summed E-state index contributed by atoms with van der Waals surface area (Å²) in [6.45, 7) is 1.44. The number of hydrogen-bond donors (Lipinski definition) is 3.